The van der Waals surface area contributed by atoms with Crippen molar-refractivity contribution in [2.24, 2.45) is 11.8 Å². The monoisotopic (exact) mass is 282 g/mol. The summed E-state index contributed by atoms with van der Waals surface area (Å²) in [4.78, 5) is 14.4. The summed E-state index contributed by atoms with van der Waals surface area (Å²) < 4.78 is 0. The van der Waals surface area contributed by atoms with Crippen LogP contribution in [0.15, 0.2) is 0 Å². The van der Waals surface area contributed by atoms with Gasteiger partial charge in [0.2, 0.25) is 0 Å². The fourth-order valence-corrected chi connectivity index (χ4v) is 3.81. The van der Waals surface area contributed by atoms with Crippen LogP contribution in [0.25, 0.3) is 0 Å². The quantitative estimate of drug-likeness (QED) is 0.752. The van der Waals surface area contributed by atoms with Crippen LogP contribution < -0.4 is 5.32 Å². The number of hydrogen-bond acceptors (Lipinski definition) is 3. The second-order valence-corrected chi connectivity index (χ2v) is 7.27. The molecule has 0 bridgehead atoms. The number of rotatable bonds is 7. The van der Waals surface area contributed by atoms with Crippen LogP contribution in [0.1, 0.15) is 53.4 Å². The molecular formula is C16H30N2O2. The molecule has 20 heavy (non-hydrogen) atoms. The highest BCUT2D eigenvalue weighted by Crippen LogP contribution is 2.42. The minimum absolute atomic E-state index is 0.201. The molecular weight excluding hydrogens is 252 g/mol. The van der Waals surface area contributed by atoms with Crippen LogP contribution in [0, 0.1) is 11.8 Å². The van der Waals surface area contributed by atoms with Gasteiger partial charge in [-0.1, -0.05) is 13.8 Å². The zero-order valence-corrected chi connectivity index (χ0v) is 13.4. The second kappa shape index (κ2) is 6.02. The van der Waals surface area contributed by atoms with E-state index in [2.05, 4.69) is 24.1 Å². The highest BCUT2D eigenvalue weighted by Gasteiger charge is 2.53. The third-order valence-corrected chi connectivity index (χ3v) is 4.84. The Labute approximate surface area is 122 Å². The average molecular weight is 282 g/mol. The topological polar surface area (TPSA) is 52.6 Å². The van der Waals surface area contributed by atoms with E-state index in [1.165, 1.54) is 12.8 Å². The van der Waals surface area contributed by atoms with Gasteiger partial charge in [-0.2, -0.15) is 0 Å². The predicted molar refractivity (Wildman–Crippen MR) is 80.8 cm³/mol. The summed E-state index contributed by atoms with van der Waals surface area (Å²) in [6, 6.07) is 0.744. The van der Waals surface area contributed by atoms with E-state index in [0.29, 0.717) is 24.4 Å². The molecule has 0 radical (unpaired) electrons. The van der Waals surface area contributed by atoms with Gasteiger partial charge in [0.05, 0.1) is 0 Å². The van der Waals surface area contributed by atoms with Crippen molar-refractivity contribution in [3.05, 3.63) is 0 Å². The zero-order chi connectivity index (χ0) is 14.9. The van der Waals surface area contributed by atoms with Crippen molar-refractivity contribution >= 4 is 5.97 Å². The minimum Gasteiger partial charge on any atom is -0.480 e. The van der Waals surface area contributed by atoms with Gasteiger partial charge in [-0.05, 0) is 57.9 Å². The van der Waals surface area contributed by atoms with E-state index in [9.17, 15) is 9.90 Å². The first-order valence-electron chi connectivity index (χ1n) is 8.12. The average Bonchev–Trinajstić information content (AvgIpc) is 3.08. The van der Waals surface area contributed by atoms with E-state index in [1.807, 2.05) is 13.8 Å². The normalized spacial score (nSPS) is 27.2. The number of aliphatic carboxylic acids is 1. The SMILES string of the molecule is CC(C)NC(CN1CCCC1C(C)C)(C(=O)O)C1CC1. The third-order valence-electron chi connectivity index (χ3n) is 4.84. The molecule has 0 aromatic carbocycles. The van der Waals surface area contributed by atoms with E-state index < -0.39 is 11.5 Å². The van der Waals surface area contributed by atoms with Crippen LogP contribution in [0.2, 0.25) is 0 Å². The van der Waals surface area contributed by atoms with Crippen LogP contribution in [0.3, 0.4) is 0 Å². The Kier molecular flexibility index (Phi) is 4.75. The van der Waals surface area contributed by atoms with E-state index >= 15 is 0 Å². The minimum atomic E-state index is -0.744. The van der Waals surface area contributed by atoms with Gasteiger partial charge in [-0.15, -0.1) is 0 Å². The number of carboxylic acids is 1. The molecule has 116 valence electrons. The number of carbonyl (C=O) groups is 1. The molecule has 1 aliphatic carbocycles. The van der Waals surface area contributed by atoms with Gasteiger partial charge in [-0.25, -0.2) is 0 Å². The third kappa shape index (κ3) is 3.17. The van der Waals surface area contributed by atoms with Gasteiger partial charge in [-0.3, -0.25) is 15.0 Å². The van der Waals surface area contributed by atoms with Crippen molar-refractivity contribution in [3.63, 3.8) is 0 Å². The second-order valence-electron chi connectivity index (χ2n) is 7.27. The van der Waals surface area contributed by atoms with Crippen molar-refractivity contribution in [3.8, 4) is 0 Å². The van der Waals surface area contributed by atoms with Crippen molar-refractivity contribution in [1.29, 1.82) is 0 Å². The van der Waals surface area contributed by atoms with E-state index in [-0.39, 0.29) is 6.04 Å². The number of nitrogens with zero attached hydrogens (tertiary/aromatic N) is 1. The van der Waals surface area contributed by atoms with Gasteiger partial charge in [0.1, 0.15) is 5.54 Å². The molecule has 2 rings (SSSR count). The van der Waals surface area contributed by atoms with E-state index in [0.717, 1.165) is 19.4 Å². The van der Waals surface area contributed by atoms with Crippen molar-refractivity contribution < 1.29 is 9.90 Å². The van der Waals surface area contributed by atoms with E-state index in [4.69, 9.17) is 0 Å². The molecule has 1 aliphatic heterocycles. The molecule has 2 atom stereocenters. The molecule has 2 N–H and O–H groups in total. The first kappa shape index (κ1) is 15.8. The van der Waals surface area contributed by atoms with Crippen LogP contribution in [0.5, 0.6) is 0 Å². The summed E-state index contributed by atoms with van der Waals surface area (Å²) in [5, 5.41) is 13.3. The lowest BCUT2D eigenvalue weighted by molar-refractivity contribution is -0.147. The van der Waals surface area contributed by atoms with Crippen molar-refractivity contribution in [2.75, 3.05) is 13.1 Å². The molecule has 2 aliphatic rings. The Morgan fingerprint density at radius 2 is 1.95 bits per heavy atom. The summed E-state index contributed by atoms with van der Waals surface area (Å²) in [6.45, 7) is 10.3. The Bertz CT molecular complexity index is 352. The van der Waals surface area contributed by atoms with Crippen molar-refractivity contribution in [2.45, 2.75) is 71.0 Å². The molecule has 2 unspecified atom stereocenters. The Hall–Kier alpha value is -0.610. The van der Waals surface area contributed by atoms with Crippen molar-refractivity contribution in [1.82, 2.24) is 10.2 Å². The fraction of sp³-hybridized carbons (Fsp3) is 0.938. The van der Waals surface area contributed by atoms with Crippen LogP contribution >= 0.6 is 0 Å². The summed E-state index contributed by atoms with van der Waals surface area (Å²) in [7, 11) is 0. The molecule has 4 nitrogen and oxygen atoms in total. The van der Waals surface area contributed by atoms with Gasteiger partial charge < -0.3 is 5.11 Å². The van der Waals surface area contributed by atoms with Crippen LogP contribution in [0.4, 0.5) is 0 Å². The smallest absolute Gasteiger partial charge is 0.325 e. The van der Waals surface area contributed by atoms with Gasteiger partial charge in [0, 0.05) is 18.6 Å². The molecule has 1 saturated carbocycles. The molecule has 0 aromatic rings. The number of likely N-dealkylation sites (tertiary alicyclic amines) is 1. The van der Waals surface area contributed by atoms with Gasteiger partial charge in [0.15, 0.2) is 0 Å². The first-order valence-corrected chi connectivity index (χ1v) is 8.12. The van der Waals surface area contributed by atoms with Crippen LogP contribution in [-0.4, -0.2) is 46.7 Å². The Balaban J connectivity index is 2.16. The van der Waals surface area contributed by atoms with Crippen LogP contribution in [-0.2, 0) is 4.79 Å². The molecule has 0 amide bonds. The number of nitrogens with one attached hydrogen (secondary N) is 1. The molecule has 4 heteroatoms. The Morgan fingerprint density at radius 3 is 2.40 bits per heavy atom. The van der Waals surface area contributed by atoms with E-state index in [1.54, 1.807) is 0 Å². The maximum absolute atomic E-state index is 12.0. The Morgan fingerprint density at radius 1 is 1.30 bits per heavy atom. The molecule has 2 fully saturated rings. The molecule has 0 aromatic heterocycles. The maximum atomic E-state index is 12.0. The van der Waals surface area contributed by atoms with Gasteiger partial charge >= 0.3 is 5.97 Å². The lowest BCUT2D eigenvalue weighted by Crippen LogP contribution is -2.63. The van der Waals surface area contributed by atoms with Gasteiger partial charge in [0.25, 0.3) is 0 Å². The number of hydrogen-bond donors (Lipinski definition) is 2. The predicted octanol–water partition coefficient (Wildman–Crippen LogP) is 2.34. The summed E-state index contributed by atoms with van der Waals surface area (Å²) >= 11 is 0. The summed E-state index contributed by atoms with van der Waals surface area (Å²) in [5.41, 5.74) is -0.744. The number of carboxylic acid groups (broad SMARTS) is 1. The highest BCUT2D eigenvalue weighted by atomic mass is 16.4. The largest absolute Gasteiger partial charge is 0.480 e. The maximum Gasteiger partial charge on any atom is 0.325 e. The highest BCUT2D eigenvalue weighted by molar-refractivity contribution is 5.80. The molecule has 0 spiro atoms. The summed E-state index contributed by atoms with van der Waals surface area (Å²) in [6.07, 6.45) is 4.50. The zero-order valence-electron chi connectivity index (χ0n) is 13.4. The first-order chi connectivity index (χ1) is 9.36. The standard InChI is InChI=1S/C16H30N2O2/c1-11(2)14-6-5-9-18(14)10-16(15(19)20,13-7-8-13)17-12(3)4/h11-14,17H,5-10H2,1-4H3,(H,19,20). The fourth-order valence-electron chi connectivity index (χ4n) is 3.81. The molecule has 1 heterocycles. The summed E-state index contributed by atoms with van der Waals surface area (Å²) in [5.74, 6) is 0.237. The lowest BCUT2D eigenvalue weighted by atomic mass is 9.90. The molecule has 1 saturated heterocycles. The lowest BCUT2D eigenvalue weighted by Gasteiger charge is -2.39.